The molecular formula is C90H123B2BrN18O10. The zero-order valence-electron chi connectivity index (χ0n) is 72.7. The van der Waals surface area contributed by atoms with Crippen molar-refractivity contribution in [2.45, 2.75) is 189 Å². The fourth-order valence-electron chi connectivity index (χ4n) is 17.5. The zero-order chi connectivity index (χ0) is 88.2. The highest BCUT2D eigenvalue weighted by Gasteiger charge is 2.33. The molecule has 0 saturated carbocycles. The number of aromatic nitrogens is 5. The SMILES string of the molecule is CB(O)Nc1cccc(C)c1-c1ccccn1.CB(O)Nc1cccc(C)c1C1CCCCN1C.Cc1c([N+](=O)[O-])cc2[nH]c(=O)c(=O)[nH]c2c1C1CCCCN1C.Cc1ccc(N)c(N)c1C1CCCCN1C.Cc1ccc([N+](=O)[O-])c(N)c1C1CCCCN1C.Cc1ccc2[nH]c(=O)c(=O)[nH]c2c1C1CCCCN1C.Cc1cccc(N)c1Br. The maximum atomic E-state index is 11.7. The molecule has 15 rings (SSSR count). The molecule has 7 aromatic carbocycles. The van der Waals surface area contributed by atoms with E-state index >= 15 is 0 Å². The molecule has 0 aliphatic carbocycles. The van der Waals surface area contributed by atoms with Crippen LogP contribution in [-0.2, 0) is 0 Å². The molecule has 5 aliphatic rings. The van der Waals surface area contributed by atoms with Gasteiger partial charge in [-0.3, -0.25) is 68.9 Å². The van der Waals surface area contributed by atoms with Crippen molar-refractivity contribution in [3.63, 3.8) is 0 Å². The quantitative estimate of drug-likeness (QED) is 0.0178. The first-order valence-electron chi connectivity index (χ1n) is 42.0. The van der Waals surface area contributed by atoms with Gasteiger partial charge in [0.1, 0.15) is 5.69 Å². The van der Waals surface area contributed by atoms with Gasteiger partial charge in [0.25, 0.3) is 11.4 Å². The van der Waals surface area contributed by atoms with Crippen LogP contribution in [0.1, 0.15) is 193 Å². The van der Waals surface area contributed by atoms with Crippen LogP contribution in [0.15, 0.2) is 145 Å². The van der Waals surface area contributed by atoms with Crippen molar-refractivity contribution in [3.05, 3.63) is 254 Å². The fraction of sp³-hybridized carbons (Fsp3) is 0.433. The number of nitro benzene ring substituents is 2. The Kier molecular flexibility index (Phi) is 34.2. The first-order chi connectivity index (χ1) is 57.6. The average Bonchev–Trinajstić information content (AvgIpc) is 0.756. The number of anilines is 6. The van der Waals surface area contributed by atoms with Crippen molar-refractivity contribution in [1.82, 2.24) is 49.4 Å². The van der Waals surface area contributed by atoms with Crippen molar-refractivity contribution in [1.29, 1.82) is 0 Å². The molecule has 10 aromatic rings. The summed E-state index contributed by atoms with van der Waals surface area (Å²) in [4.78, 5) is 94.2. The number of aryl methyl sites for hydroxylation is 6. The molecule has 5 atom stereocenters. The highest BCUT2D eigenvalue weighted by atomic mass is 79.9. The minimum Gasteiger partial charge on any atom is -0.433 e. The average molecular weight is 1720 g/mol. The van der Waals surface area contributed by atoms with Gasteiger partial charge < -0.3 is 63.4 Å². The van der Waals surface area contributed by atoms with Crippen LogP contribution in [0.4, 0.5) is 45.5 Å². The minimum atomic E-state index is -0.807. The molecule has 28 nitrogen and oxygen atoms in total. The number of aromatic amines is 4. The van der Waals surface area contributed by atoms with Gasteiger partial charge in [-0.15, -0.1) is 0 Å². The van der Waals surface area contributed by atoms with Crippen LogP contribution in [0.25, 0.3) is 33.3 Å². The number of hydrogen-bond donors (Lipinski definition) is 12. The van der Waals surface area contributed by atoms with Crippen LogP contribution in [0.2, 0.25) is 13.6 Å². The molecule has 16 N–H and O–H groups in total. The van der Waals surface area contributed by atoms with Crippen LogP contribution < -0.4 is 55.6 Å². The van der Waals surface area contributed by atoms with E-state index in [0.717, 1.165) is 149 Å². The standard InChI is InChI=1S/C15H18N4O4.C15H19N3O2.C14H23BN2O.C13H15BN2O.C13H19N3O2.C13H21N3.C7H8BrN/c1-8-11(19(22)23)7-9-13(17-15(21)14(20)16-9)12(8)10-5-3-4-6-18(10)2;1-9-6-7-10-13(17-15(20)14(19)16-10)12(9)11-5-3-4-8-18(11)2;1-11-7-6-8-12(16-15(2)18)14(11)13-9-4-5-10-17(13)3;1-10-6-5-8-12(16-14(2)17)13(10)11-7-3-4-9-15-11;1-9-6-7-11(16(17)18)13(14)12(9)10-5-3-4-8-15(10)2;1-9-6-7-10(14)13(15)12(9)11-5-3-4-8-16(11)2;1-5-3-2-4-6(9)7(5)8/h7,10H,3-6H2,1-2H3,(H,16,20)(H,17,21);6-7,11H,3-5,8H2,1-2H3,(H,16,19)(H,17,20);6-8,13,16,18H,4-5,9-10H2,1-3H3;3-9,16-17H,1-2H3;6-7,10H,3-5,8,14H2,1-2H3;6-7,11H,3-5,8,14-15H2,1-2H3;2-4H,9H2,1H3. The van der Waals surface area contributed by atoms with Crippen molar-refractivity contribution in [3.8, 4) is 11.3 Å². The van der Waals surface area contributed by atoms with Crippen LogP contribution >= 0.6 is 15.9 Å². The summed E-state index contributed by atoms with van der Waals surface area (Å²) < 4.78 is 1.00. The number of nitrogens with zero attached hydrogens (tertiary/aromatic N) is 8. The van der Waals surface area contributed by atoms with E-state index < -0.39 is 46.2 Å². The Morgan fingerprint density at radius 2 is 0.826 bits per heavy atom. The number of nitrogens with two attached hydrogens (primary N) is 4. The van der Waals surface area contributed by atoms with E-state index in [1.807, 2.05) is 107 Å². The number of hydrogen-bond acceptors (Lipinski definition) is 22. The number of pyridine rings is 1. The molecule has 646 valence electrons. The van der Waals surface area contributed by atoms with Crippen molar-refractivity contribution in [2.24, 2.45) is 0 Å². The minimum absolute atomic E-state index is 0.0206. The molecule has 0 spiro atoms. The summed E-state index contributed by atoms with van der Waals surface area (Å²) in [6, 6.07) is 37.7. The highest BCUT2D eigenvalue weighted by Crippen LogP contribution is 2.43. The second-order valence-electron chi connectivity index (χ2n) is 32.8. The zero-order valence-corrected chi connectivity index (χ0v) is 74.2. The molecule has 5 unspecified atom stereocenters. The van der Waals surface area contributed by atoms with Gasteiger partial charge in [-0.25, -0.2) is 0 Å². The van der Waals surface area contributed by atoms with Gasteiger partial charge in [-0.05, 0) is 303 Å². The lowest BCUT2D eigenvalue weighted by Crippen LogP contribution is -2.33. The number of piperidine rings is 5. The predicted octanol–water partition coefficient (Wildman–Crippen LogP) is 15.8. The van der Waals surface area contributed by atoms with Crippen LogP contribution in [0.3, 0.4) is 0 Å². The summed E-state index contributed by atoms with van der Waals surface area (Å²) in [6.07, 6.45) is 19.1. The second kappa shape index (κ2) is 43.8. The number of benzene rings is 7. The van der Waals surface area contributed by atoms with E-state index in [1.54, 1.807) is 32.8 Å². The monoisotopic (exact) mass is 1720 g/mol. The van der Waals surface area contributed by atoms with Crippen molar-refractivity contribution in [2.75, 3.05) is 101 Å². The largest absolute Gasteiger partial charge is 0.433 e. The maximum absolute atomic E-state index is 11.7. The molecule has 3 aromatic heterocycles. The molecule has 121 heavy (non-hydrogen) atoms. The molecular weight excluding hydrogens is 1590 g/mol. The van der Waals surface area contributed by atoms with Crippen molar-refractivity contribution >= 4 is 97.6 Å². The molecule has 5 aliphatic heterocycles. The number of nitro groups is 2. The lowest BCUT2D eigenvalue weighted by atomic mass is 9.85. The molecule has 5 saturated heterocycles. The Morgan fingerprint density at radius 3 is 1.30 bits per heavy atom. The van der Waals surface area contributed by atoms with Crippen LogP contribution in [0.5, 0.6) is 0 Å². The number of nitrogens with one attached hydrogen (secondary N) is 6. The lowest BCUT2D eigenvalue weighted by molar-refractivity contribution is -0.385. The molecule has 0 radical (unpaired) electrons. The first kappa shape index (κ1) is 94.4. The number of rotatable bonds is 12. The van der Waals surface area contributed by atoms with Gasteiger partial charge in [0, 0.05) is 92.3 Å². The Labute approximate surface area is 718 Å². The number of H-pyrrole nitrogens is 4. The van der Waals surface area contributed by atoms with Gasteiger partial charge in [-0.2, -0.15) is 0 Å². The van der Waals surface area contributed by atoms with E-state index in [0.29, 0.717) is 51.6 Å². The van der Waals surface area contributed by atoms with E-state index in [2.05, 4.69) is 143 Å². The first-order valence-corrected chi connectivity index (χ1v) is 42.8. The third-order valence-corrected chi connectivity index (χ3v) is 24.9. The Hall–Kier alpha value is -10.5. The van der Waals surface area contributed by atoms with Gasteiger partial charge in [-0.1, -0.05) is 92.8 Å². The van der Waals surface area contributed by atoms with E-state index in [4.69, 9.17) is 22.9 Å². The highest BCUT2D eigenvalue weighted by molar-refractivity contribution is 9.10. The second-order valence-corrected chi connectivity index (χ2v) is 33.6. The Balaban J connectivity index is 0.000000162. The third-order valence-electron chi connectivity index (χ3n) is 23.9. The van der Waals surface area contributed by atoms with Crippen molar-refractivity contribution < 1.29 is 19.9 Å². The summed E-state index contributed by atoms with van der Waals surface area (Å²) in [6.45, 7) is 22.8. The number of likely N-dealkylation sites (tertiary alicyclic amines) is 5. The molecule has 8 heterocycles. The summed E-state index contributed by atoms with van der Waals surface area (Å²) in [5.41, 5.74) is 42.6. The van der Waals surface area contributed by atoms with Gasteiger partial charge >= 0.3 is 36.3 Å². The molecule has 31 heteroatoms. The Bertz CT molecular complexity index is 5460. The van der Waals surface area contributed by atoms with E-state index in [9.17, 15) is 49.5 Å². The van der Waals surface area contributed by atoms with Crippen LogP contribution in [-0.4, -0.2) is 151 Å². The fourth-order valence-corrected chi connectivity index (χ4v) is 17.7. The summed E-state index contributed by atoms with van der Waals surface area (Å²) in [7, 11) is 9.41. The topological polar surface area (TPSA) is 415 Å². The summed E-state index contributed by atoms with van der Waals surface area (Å²) >= 11 is 3.35. The summed E-state index contributed by atoms with van der Waals surface area (Å²) in [5.74, 6) is 0. The molecule has 0 bridgehead atoms. The van der Waals surface area contributed by atoms with Gasteiger partial charge in [0.05, 0.1) is 49.0 Å². The van der Waals surface area contributed by atoms with E-state index in [-0.39, 0.29) is 23.5 Å². The molecule has 5 fully saturated rings. The van der Waals surface area contributed by atoms with Gasteiger partial charge in [0.15, 0.2) is 0 Å². The normalized spacial score (nSPS) is 18.3. The predicted molar refractivity (Wildman–Crippen MR) is 499 cm³/mol. The summed E-state index contributed by atoms with van der Waals surface area (Å²) in [5, 5.41) is 47.5. The van der Waals surface area contributed by atoms with E-state index in [1.165, 1.54) is 97.7 Å². The number of fused-ring (bicyclic) bond motifs is 2. The van der Waals surface area contributed by atoms with Gasteiger partial charge in [0.2, 0.25) is 0 Å². The Morgan fingerprint density at radius 1 is 0.430 bits per heavy atom. The molecule has 0 amide bonds. The van der Waals surface area contributed by atoms with Crippen LogP contribution in [0, 0.1) is 68.7 Å². The number of nitrogen functional groups attached to an aromatic ring is 4. The maximum Gasteiger partial charge on any atom is 0.406 e. The smallest absolute Gasteiger partial charge is 0.406 e. The number of halogens is 1. The lowest BCUT2D eigenvalue weighted by Gasteiger charge is -2.35. The third kappa shape index (κ3) is 24.0.